The highest BCUT2D eigenvalue weighted by atomic mass is 28.4. The monoisotopic (exact) mass is 576 g/mol. The topological polar surface area (TPSA) is 68.2 Å². The van der Waals surface area contributed by atoms with Gasteiger partial charge in [-0.3, -0.25) is 0 Å². The zero-order valence-electron chi connectivity index (χ0n) is 26.0. The Bertz CT molecular complexity index is 1230. The fraction of sp³-hybridized carbons (Fsp3) is 0.486. The quantitative estimate of drug-likeness (QED) is 0.241. The van der Waals surface area contributed by atoms with Crippen molar-refractivity contribution in [2.75, 3.05) is 13.2 Å². The van der Waals surface area contributed by atoms with Gasteiger partial charge in [-0.15, -0.1) is 0 Å². The van der Waals surface area contributed by atoms with E-state index in [1.165, 1.54) is 10.4 Å². The van der Waals surface area contributed by atoms with Gasteiger partial charge in [0.2, 0.25) is 0 Å². The van der Waals surface area contributed by atoms with E-state index in [0.717, 1.165) is 11.1 Å². The van der Waals surface area contributed by atoms with Crippen molar-refractivity contribution in [1.82, 2.24) is 0 Å². The van der Waals surface area contributed by atoms with E-state index in [1.807, 2.05) is 65.0 Å². The summed E-state index contributed by atoms with van der Waals surface area (Å²) in [6.45, 7) is 17.0. The van der Waals surface area contributed by atoms with Gasteiger partial charge in [0.1, 0.15) is 5.60 Å². The SMILES string of the molecule is CC1=CC2(CC(C)(C)[C@@]1(O)/C=C/C(=C\CO)CO[Si](c1ccccc1)(c1ccccc1)C(C)(C)C)O[C@@H](C)[C@H](C)O2. The summed E-state index contributed by atoms with van der Waals surface area (Å²) in [4.78, 5) is 0. The summed E-state index contributed by atoms with van der Waals surface area (Å²) in [5, 5.41) is 24.3. The van der Waals surface area contributed by atoms with Crippen LogP contribution in [0.15, 0.2) is 96.1 Å². The molecule has 3 atom stereocenters. The summed E-state index contributed by atoms with van der Waals surface area (Å²) in [5.41, 5.74) is -0.211. The first-order valence-electron chi connectivity index (χ1n) is 14.7. The van der Waals surface area contributed by atoms with Gasteiger partial charge in [0, 0.05) is 11.8 Å². The molecule has 4 rings (SSSR count). The average molecular weight is 577 g/mol. The van der Waals surface area contributed by atoms with E-state index >= 15 is 0 Å². The molecule has 0 aromatic heterocycles. The van der Waals surface area contributed by atoms with E-state index < -0.39 is 25.1 Å². The first kappa shape index (κ1) is 31.6. The number of aliphatic hydroxyl groups excluding tert-OH is 1. The van der Waals surface area contributed by atoms with Crippen LogP contribution in [-0.2, 0) is 13.9 Å². The molecule has 1 heterocycles. The third kappa shape index (κ3) is 5.96. The van der Waals surface area contributed by atoms with E-state index in [1.54, 1.807) is 6.08 Å². The van der Waals surface area contributed by atoms with Crippen LogP contribution in [0.3, 0.4) is 0 Å². The fourth-order valence-corrected chi connectivity index (χ4v) is 11.1. The van der Waals surface area contributed by atoms with Crippen molar-refractivity contribution < 1.29 is 24.1 Å². The molecule has 0 bridgehead atoms. The van der Waals surface area contributed by atoms with Crippen LogP contribution >= 0.6 is 0 Å². The lowest BCUT2D eigenvalue weighted by Gasteiger charge is -2.49. The molecule has 1 fully saturated rings. The van der Waals surface area contributed by atoms with Crippen LogP contribution < -0.4 is 10.4 Å². The van der Waals surface area contributed by atoms with Crippen molar-refractivity contribution in [2.24, 2.45) is 5.41 Å². The van der Waals surface area contributed by atoms with Gasteiger partial charge >= 0.3 is 0 Å². The van der Waals surface area contributed by atoms with Crippen molar-refractivity contribution in [2.45, 2.75) is 90.4 Å². The average Bonchev–Trinajstić information content (AvgIpc) is 3.17. The molecular formula is C35H48O5Si. The van der Waals surface area contributed by atoms with E-state index in [-0.39, 0.29) is 23.9 Å². The summed E-state index contributed by atoms with van der Waals surface area (Å²) < 4.78 is 19.6. The normalized spacial score (nSPS) is 26.5. The molecule has 6 heteroatoms. The van der Waals surface area contributed by atoms with Crippen molar-refractivity contribution >= 4 is 18.7 Å². The molecule has 2 aliphatic rings. The van der Waals surface area contributed by atoms with Crippen molar-refractivity contribution in [1.29, 1.82) is 0 Å². The third-order valence-electron chi connectivity index (χ3n) is 8.95. The molecule has 2 aromatic rings. The van der Waals surface area contributed by atoms with Crippen molar-refractivity contribution in [3.8, 4) is 0 Å². The third-order valence-corrected chi connectivity index (χ3v) is 13.9. The first-order valence-corrected chi connectivity index (χ1v) is 16.6. The number of benzene rings is 2. The molecule has 2 N–H and O–H groups in total. The second-order valence-corrected chi connectivity index (χ2v) is 17.7. The maximum absolute atomic E-state index is 12.1. The number of rotatable bonds is 8. The Kier molecular flexibility index (Phi) is 9.06. The van der Waals surface area contributed by atoms with Gasteiger partial charge in [-0.25, -0.2) is 0 Å². The van der Waals surface area contributed by atoms with Gasteiger partial charge in [-0.2, -0.15) is 0 Å². The lowest BCUT2D eigenvalue weighted by Crippen LogP contribution is -2.66. The summed E-state index contributed by atoms with van der Waals surface area (Å²) in [6.07, 6.45) is 7.95. The van der Waals surface area contributed by atoms with Gasteiger partial charge in [0.25, 0.3) is 8.32 Å². The molecule has 1 aliphatic heterocycles. The predicted octanol–water partition coefficient (Wildman–Crippen LogP) is 5.67. The first-order chi connectivity index (χ1) is 19.2. The number of ether oxygens (including phenoxy) is 2. The molecule has 1 aliphatic carbocycles. The van der Waals surface area contributed by atoms with Crippen LogP contribution in [0.25, 0.3) is 0 Å². The van der Waals surface area contributed by atoms with Gasteiger partial charge in [-0.1, -0.05) is 107 Å². The van der Waals surface area contributed by atoms with Gasteiger partial charge in [0.05, 0.1) is 25.4 Å². The molecule has 5 nitrogen and oxygen atoms in total. The minimum absolute atomic E-state index is 0.0192. The van der Waals surface area contributed by atoms with Crippen molar-refractivity contribution in [3.05, 3.63) is 96.1 Å². The maximum atomic E-state index is 12.1. The highest BCUT2D eigenvalue weighted by Crippen LogP contribution is 2.52. The number of hydrogen-bond donors (Lipinski definition) is 2. The zero-order chi connectivity index (χ0) is 30.1. The number of hydrogen-bond acceptors (Lipinski definition) is 5. The highest BCUT2D eigenvalue weighted by molar-refractivity contribution is 6.99. The van der Waals surface area contributed by atoms with Gasteiger partial charge in [0.15, 0.2) is 5.79 Å². The summed E-state index contributed by atoms with van der Waals surface area (Å²) in [6, 6.07) is 21.0. The smallest absolute Gasteiger partial charge is 0.261 e. The Morgan fingerprint density at radius 1 is 0.976 bits per heavy atom. The second kappa shape index (κ2) is 11.7. The minimum atomic E-state index is -2.77. The second-order valence-electron chi connectivity index (χ2n) is 13.4. The standard InChI is InChI=1S/C35H48O5Si/c1-26-23-34(39-27(2)28(3)40-34)25-33(7,8)35(26,37)21-19-29(20-22-36)24-38-41(32(4,5)6,30-15-11-9-12-16-30)31-17-13-10-14-18-31/h9-21,23,27-28,36-37H,22,24-25H2,1-8H3/b21-19+,29-20+/t27-,28-,35+/m0/s1. The van der Waals surface area contributed by atoms with E-state index in [9.17, 15) is 10.2 Å². The molecule has 0 saturated carbocycles. The molecule has 41 heavy (non-hydrogen) atoms. The molecule has 0 unspecified atom stereocenters. The van der Waals surface area contributed by atoms with Crippen LogP contribution in [0, 0.1) is 5.41 Å². The van der Waals surface area contributed by atoms with Gasteiger partial charge in [-0.05, 0) is 59.5 Å². The van der Waals surface area contributed by atoms with Crippen LogP contribution in [-0.4, -0.2) is 55.3 Å². The molecule has 0 radical (unpaired) electrons. The van der Waals surface area contributed by atoms with Crippen LogP contribution in [0.4, 0.5) is 0 Å². The Morgan fingerprint density at radius 3 is 1.93 bits per heavy atom. The molecule has 2 aromatic carbocycles. The Morgan fingerprint density at radius 2 is 1.49 bits per heavy atom. The molecule has 0 amide bonds. The molecule has 222 valence electrons. The minimum Gasteiger partial charge on any atom is -0.403 e. The largest absolute Gasteiger partial charge is 0.403 e. The fourth-order valence-electron chi connectivity index (χ4n) is 6.61. The molecule has 1 spiro atoms. The Balaban J connectivity index is 1.68. The van der Waals surface area contributed by atoms with Crippen LogP contribution in [0.1, 0.15) is 61.8 Å². The Labute approximate surface area is 247 Å². The Hall–Kier alpha value is -2.32. The molecular weight excluding hydrogens is 528 g/mol. The van der Waals surface area contributed by atoms with E-state index in [2.05, 4.69) is 69.3 Å². The van der Waals surface area contributed by atoms with Crippen LogP contribution in [0.5, 0.6) is 0 Å². The zero-order valence-corrected chi connectivity index (χ0v) is 27.0. The predicted molar refractivity (Wildman–Crippen MR) is 169 cm³/mol. The summed E-state index contributed by atoms with van der Waals surface area (Å²) in [7, 11) is -2.77. The number of aliphatic hydroxyl groups is 2. The lowest BCUT2D eigenvalue weighted by atomic mass is 9.63. The lowest BCUT2D eigenvalue weighted by molar-refractivity contribution is -0.183. The van der Waals surface area contributed by atoms with E-state index in [4.69, 9.17) is 13.9 Å². The highest BCUT2D eigenvalue weighted by Gasteiger charge is 2.56. The molecule has 1 saturated heterocycles. The van der Waals surface area contributed by atoms with Crippen LogP contribution in [0.2, 0.25) is 5.04 Å². The van der Waals surface area contributed by atoms with Gasteiger partial charge < -0.3 is 24.1 Å². The summed E-state index contributed by atoms with van der Waals surface area (Å²) in [5.74, 6) is -0.831. The van der Waals surface area contributed by atoms with Crippen molar-refractivity contribution in [3.63, 3.8) is 0 Å². The maximum Gasteiger partial charge on any atom is 0.261 e. The van der Waals surface area contributed by atoms with E-state index in [0.29, 0.717) is 13.0 Å². The summed E-state index contributed by atoms with van der Waals surface area (Å²) >= 11 is 0.